The van der Waals surface area contributed by atoms with Crippen LogP contribution in [0.15, 0.2) is 121 Å². The predicted molar refractivity (Wildman–Crippen MR) is 154 cm³/mol. The van der Waals surface area contributed by atoms with Gasteiger partial charge in [-0.05, 0) is 47.9 Å². The zero-order valence-corrected chi connectivity index (χ0v) is 21.9. The van der Waals surface area contributed by atoms with Crippen LogP contribution in [0.2, 0.25) is 0 Å². The third-order valence-electron chi connectivity index (χ3n) is 8.49. The van der Waals surface area contributed by atoms with Crippen molar-refractivity contribution in [1.82, 2.24) is 9.80 Å². The summed E-state index contributed by atoms with van der Waals surface area (Å²) in [6.07, 6.45) is 4.15. The van der Waals surface area contributed by atoms with E-state index in [2.05, 4.69) is 131 Å². The first kappa shape index (κ1) is 24.5. The molecule has 2 atom stereocenters. The predicted octanol–water partition coefficient (Wildman–Crippen LogP) is 7.70. The lowest BCUT2D eigenvalue weighted by Crippen LogP contribution is -2.50. The molecule has 4 aromatic rings. The van der Waals surface area contributed by atoms with Gasteiger partial charge in [0, 0.05) is 37.0 Å². The molecular formula is C35H36N2O. The highest BCUT2D eigenvalue weighted by Gasteiger charge is 2.43. The minimum absolute atomic E-state index is 0.153. The van der Waals surface area contributed by atoms with Crippen LogP contribution in [0.25, 0.3) is 0 Å². The van der Waals surface area contributed by atoms with Crippen molar-refractivity contribution in [2.24, 2.45) is 0 Å². The largest absolute Gasteiger partial charge is 0.321 e. The van der Waals surface area contributed by atoms with E-state index < -0.39 is 0 Å². The smallest absolute Gasteiger partial charge is 0.320 e. The molecule has 38 heavy (non-hydrogen) atoms. The van der Waals surface area contributed by atoms with E-state index in [1.807, 2.05) is 0 Å². The molecule has 2 aliphatic heterocycles. The normalized spacial score (nSPS) is 19.4. The van der Waals surface area contributed by atoms with Crippen molar-refractivity contribution in [1.29, 1.82) is 0 Å². The van der Waals surface area contributed by atoms with Gasteiger partial charge in [0.1, 0.15) is 0 Å². The van der Waals surface area contributed by atoms with Gasteiger partial charge in [-0.2, -0.15) is 0 Å². The number of benzene rings is 4. The summed E-state index contributed by atoms with van der Waals surface area (Å²) < 4.78 is 0. The van der Waals surface area contributed by atoms with Crippen LogP contribution in [0.5, 0.6) is 0 Å². The number of carbonyl (C=O) groups excluding carboxylic acids is 1. The van der Waals surface area contributed by atoms with Gasteiger partial charge in [0.2, 0.25) is 0 Å². The third-order valence-corrected chi connectivity index (χ3v) is 8.49. The van der Waals surface area contributed by atoms with Gasteiger partial charge in [-0.15, -0.1) is 0 Å². The number of carbonyl (C=O) groups is 1. The molecule has 2 saturated heterocycles. The zero-order chi connectivity index (χ0) is 25.7. The van der Waals surface area contributed by atoms with Gasteiger partial charge >= 0.3 is 6.03 Å². The van der Waals surface area contributed by atoms with Crippen molar-refractivity contribution in [3.05, 3.63) is 144 Å². The van der Waals surface area contributed by atoms with Crippen LogP contribution in [0, 0.1) is 0 Å². The molecular weight excluding hydrogens is 464 g/mol. The fourth-order valence-electron chi connectivity index (χ4n) is 6.83. The first-order valence-corrected chi connectivity index (χ1v) is 14.1. The fraction of sp³-hybridized carbons (Fsp3) is 0.286. The molecule has 0 radical (unpaired) electrons. The van der Waals surface area contributed by atoms with Crippen molar-refractivity contribution in [3.63, 3.8) is 0 Å². The number of likely N-dealkylation sites (tertiary alicyclic amines) is 2. The topological polar surface area (TPSA) is 23.6 Å². The summed E-state index contributed by atoms with van der Waals surface area (Å²) in [6.45, 7) is 1.65. The highest BCUT2D eigenvalue weighted by atomic mass is 16.2. The SMILES string of the molecule is O=C(N1CCC[C@@H]1C(c1ccccc1)c1ccccc1)N1CCC[C@@H]1C(c1ccccc1)c1ccccc1. The van der Waals surface area contributed by atoms with Crippen molar-refractivity contribution in [3.8, 4) is 0 Å². The molecule has 192 valence electrons. The van der Waals surface area contributed by atoms with Gasteiger partial charge in [-0.3, -0.25) is 0 Å². The lowest BCUT2D eigenvalue weighted by Gasteiger charge is -2.39. The molecule has 0 saturated carbocycles. The summed E-state index contributed by atoms with van der Waals surface area (Å²) in [6, 6.07) is 43.5. The van der Waals surface area contributed by atoms with Gasteiger partial charge in [0.05, 0.1) is 0 Å². The lowest BCUT2D eigenvalue weighted by atomic mass is 9.83. The molecule has 0 bridgehead atoms. The molecule has 0 unspecified atom stereocenters. The van der Waals surface area contributed by atoms with Crippen LogP contribution < -0.4 is 0 Å². The molecule has 0 aromatic heterocycles. The van der Waals surface area contributed by atoms with E-state index in [0.29, 0.717) is 0 Å². The number of amides is 2. The minimum Gasteiger partial charge on any atom is -0.321 e. The Balaban J connectivity index is 1.33. The first-order chi connectivity index (χ1) is 18.8. The average Bonchev–Trinajstić information content (AvgIpc) is 3.66. The molecule has 6 rings (SSSR count). The maximum Gasteiger partial charge on any atom is 0.320 e. The van der Waals surface area contributed by atoms with E-state index in [4.69, 9.17) is 0 Å². The standard InChI is InChI=1S/C35H36N2O/c38-35(36-25-13-23-31(36)33(27-15-5-1-6-16-27)28-17-7-2-8-18-28)37-26-14-24-32(37)34(29-19-9-3-10-20-29)30-21-11-4-12-22-30/h1-12,15-22,31-34H,13-14,23-26H2/t31-,32-/m1/s1. The van der Waals surface area contributed by atoms with Crippen LogP contribution >= 0.6 is 0 Å². The summed E-state index contributed by atoms with van der Waals surface area (Å²) in [4.78, 5) is 18.9. The molecule has 2 aliphatic rings. The fourth-order valence-corrected chi connectivity index (χ4v) is 6.83. The summed E-state index contributed by atoms with van der Waals surface area (Å²) in [5.74, 6) is 0.341. The van der Waals surface area contributed by atoms with E-state index in [1.165, 1.54) is 22.3 Å². The van der Waals surface area contributed by atoms with Gasteiger partial charge in [0.25, 0.3) is 0 Å². The number of hydrogen-bond acceptors (Lipinski definition) is 1. The van der Waals surface area contributed by atoms with E-state index in [9.17, 15) is 4.79 Å². The maximum atomic E-state index is 14.5. The molecule has 0 aliphatic carbocycles. The molecule has 2 amide bonds. The Labute approximate surface area is 226 Å². The first-order valence-electron chi connectivity index (χ1n) is 14.1. The number of hydrogen-bond donors (Lipinski definition) is 0. The highest BCUT2D eigenvalue weighted by Crippen LogP contribution is 2.40. The second-order valence-corrected chi connectivity index (χ2v) is 10.7. The van der Waals surface area contributed by atoms with Crippen molar-refractivity contribution < 1.29 is 4.79 Å². The van der Waals surface area contributed by atoms with Gasteiger partial charge in [0.15, 0.2) is 0 Å². The van der Waals surface area contributed by atoms with Crippen molar-refractivity contribution >= 4 is 6.03 Å². The van der Waals surface area contributed by atoms with Crippen LogP contribution in [0.3, 0.4) is 0 Å². The van der Waals surface area contributed by atoms with E-state index in [0.717, 1.165) is 38.8 Å². The van der Waals surface area contributed by atoms with E-state index in [1.54, 1.807) is 0 Å². The minimum atomic E-state index is 0.153. The molecule has 2 fully saturated rings. The second-order valence-electron chi connectivity index (χ2n) is 10.7. The lowest BCUT2D eigenvalue weighted by molar-refractivity contribution is 0.136. The Morgan fingerprint density at radius 2 is 0.789 bits per heavy atom. The monoisotopic (exact) mass is 500 g/mol. The van der Waals surface area contributed by atoms with Crippen molar-refractivity contribution in [2.75, 3.05) is 13.1 Å². The molecule has 0 spiro atoms. The van der Waals surface area contributed by atoms with Crippen LogP contribution in [0.4, 0.5) is 4.79 Å². The molecule has 0 N–H and O–H groups in total. The average molecular weight is 501 g/mol. The van der Waals surface area contributed by atoms with E-state index >= 15 is 0 Å². The maximum absolute atomic E-state index is 14.5. The van der Waals surface area contributed by atoms with E-state index in [-0.39, 0.29) is 30.0 Å². The Morgan fingerprint density at radius 3 is 1.08 bits per heavy atom. The van der Waals surface area contributed by atoms with Crippen molar-refractivity contribution in [2.45, 2.75) is 49.6 Å². The summed E-state index contributed by atoms with van der Waals surface area (Å²) in [5, 5.41) is 0. The Hall–Kier alpha value is -3.85. The molecule has 2 heterocycles. The summed E-state index contributed by atoms with van der Waals surface area (Å²) >= 11 is 0. The van der Waals surface area contributed by atoms with Gasteiger partial charge < -0.3 is 9.80 Å². The highest BCUT2D eigenvalue weighted by molar-refractivity contribution is 5.76. The Bertz CT molecular complexity index is 1130. The zero-order valence-electron chi connectivity index (χ0n) is 21.9. The van der Waals surface area contributed by atoms with Crippen LogP contribution in [-0.2, 0) is 0 Å². The van der Waals surface area contributed by atoms with Crippen LogP contribution in [0.1, 0.15) is 59.8 Å². The van der Waals surface area contributed by atoms with Gasteiger partial charge in [-0.1, -0.05) is 121 Å². The molecule has 4 aromatic carbocycles. The number of nitrogens with zero attached hydrogens (tertiary/aromatic N) is 2. The number of rotatable bonds is 6. The summed E-state index contributed by atoms with van der Waals surface area (Å²) in [7, 11) is 0. The summed E-state index contributed by atoms with van der Waals surface area (Å²) in [5.41, 5.74) is 5.14. The molecule has 3 nitrogen and oxygen atoms in total. The third kappa shape index (κ3) is 4.86. The van der Waals surface area contributed by atoms with Gasteiger partial charge in [-0.25, -0.2) is 4.79 Å². The second kappa shape index (κ2) is 11.3. The molecule has 3 heteroatoms. The Kier molecular flexibility index (Phi) is 7.26. The Morgan fingerprint density at radius 1 is 0.500 bits per heavy atom. The number of urea groups is 1. The van der Waals surface area contributed by atoms with Crippen LogP contribution in [-0.4, -0.2) is 41.0 Å². The quantitative estimate of drug-likeness (QED) is 0.266.